The quantitative estimate of drug-likeness (QED) is 0.656. The van der Waals surface area contributed by atoms with Crippen molar-refractivity contribution >= 4 is 11.4 Å². The second-order valence-electron chi connectivity index (χ2n) is 4.35. The summed E-state index contributed by atoms with van der Waals surface area (Å²) in [5, 5.41) is 23.2. The van der Waals surface area contributed by atoms with Gasteiger partial charge in [-0.3, -0.25) is 10.1 Å². The van der Waals surface area contributed by atoms with Crippen molar-refractivity contribution in [1.29, 1.82) is 0 Å². The van der Waals surface area contributed by atoms with Crippen molar-refractivity contribution in [3.05, 3.63) is 69.8 Å². The van der Waals surface area contributed by atoms with Crippen LogP contribution in [0.15, 0.2) is 42.5 Å². The van der Waals surface area contributed by atoms with E-state index in [-0.39, 0.29) is 12.2 Å². The van der Waals surface area contributed by atoms with Crippen LogP contribution in [-0.2, 0) is 0 Å². The van der Waals surface area contributed by atoms with E-state index in [4.69, 9.17) is 0 Å². The molecule has 0 bridgehead atoms. The third-order valence-corrected chi connectivity index (χ3v) is 2.88. The summed E-state index contributed by atoms with van der Waals surface area (Å²) in [5.74, 6) is -2.20. The first-order chi connectivity index (χ1) is 9.99. The molecule has 2 rings (SSSR count). The first kappa shape index (κ1) is 14.9. The van der Waals surface area contributed by atoms with Crippen LogP contribution in [0.25, 0.3) is 0 Å². The summed E-state index contributed by atoms with van der Waals surface area (Å²) in [6.45, 7) is -0.117. The number of rotatable bonds is 5. The second kappa shape index (κ2) is 6.27. The van der Waals surface area contributed by atoms with Crippen LogP contribution < -0.4 is 5.32 Å². The maximum Gasteiger partial charge on any atom is 0.327 e. The summed E-state index contributed by atoms with van der Waals surface area (Å²) < 4.78 is 26.6. The van der Waals surface area contributed by atoms with Gasteiger partial charge in [-0.1, -0.05) is 30.3 Å². The number of benzene rings is 2. The Bertz CT molecular complexity index is 650. The Morgan fingerprint density at radius 1 is 1.24 bits per heavy atom. The number of aliphatic hydroxyl groups excluding tert-OH is 1. The van der Waals surface area contributed by atoms with Crippen molar-refractivity contribution in [3.8, 4) is 0 Å². The number of halogens is 2. The molecule has 0 spiro atoms. The lowest BCUT2D eigenvalue weighted by Gasteiger charge is -2.13. The zero-order valence-electron chi connectivity index (χ0n) is 10.8. The highest BCUT2D eigenvalue weighted by Crippen LogP contribution is 2.29. The van der Waals surface area contributed by atoms with Crippen molar-refractivity contribution in [3.63, 3.8) is 0 Å². The molecule has 1 atom stereocenters. The number of nitrogens with one attached hydrogen (secondary N) is 1. The first-order valence-electron chi connectivity index (χ1n) is 6.09. The maximum absolute atomic E-state index is 13.4. The number of hydrogen-bond acceptors (Lipinski definition) is 4. The number of anilines is 1. The molecule has 0 amide bonds. The Kier molecular flexibility index (Phi) is 4.44. The molecular weight excluding hydrogens is 282 g/mol. The molecular formula is C14H12F2N2O3. The lowest BCUT2D eigenvalue weighted by atomic mass is 10.1. The molecule has 110 valence electrons. The Balaban J connectivity index is 2.18. The van der Waals surface area contributed by atoms with Crippen LogP contribution in [0.5, 0.6) is 0 Å². The van der Waals surface area contributed by atoms with Crippen LogP contribution in [0.2, 0.25) is 0 Å². The number of nitro benzene ring substituents is 1. The van der Waals surface area contributed by atoms with Gasteiger partial charge in [-0.25, -0.2) is 4.39 Å². The Hall–Kier alpha value is -2.54. The maximum atomic E-state index is 13.4. The summed E-state index contributed by atoms with van der Waals surface area (Å²) in [6, 6.07) is 9.83. The predicted molar refractivity (Wildman–Crippen MR) is 72.9 cm³/mol. The molecule has 0 aromatic heterocycles. The molecule has 0 saturated heterocycles. The van der Waals surface area contributed by atoms with Crippen LogP contribution >= 0.6 is 0 Å². The Morgan fingerprint density at radius 2 is 1.90 bits per heavy atom. The van der Waals surface area contributed by atoms with Crippen molar-refractivity contribution in [2.75, 3.05) is 11.9 Å². The van der Waals surface area contributed by atoms with Crippen LogP contribution in [0.1, 0.15) is 11.7 Å². The average Bonchev–Trinajstić information content (AvgIpc) is 2.44. The third-order valence-electron chi connectivity index (χ3n) is 2.88. The minimum Gasteiger partial charge on any atom is -0.387 e. The van der Waals surface area contributed by atoms with Gasteiger partial charge in [0.2, 0.25) is 5.82 Å². The summed E-state index contributed by atoms with van der Waals surface area (Å²) in [5.41, 5.74) is -0.575. The molecule has 0 heterocycles. The van der Waals surface area contributed by atoms with Gasteiger partial charge in [0.1, 0.15) is 11.5 Å². The Morgan fingerprint density at radius 3 is 2.52 bits per heavy atom. The molecule has 5 nitrogen and oxygen atoms in total. The van der Waals surface area contributed by atoms with Gasteiger partial charge in [-0.05, 0) is 5.56 Å². The van der Waals surface area contributed by atoms with Gasteiger partial charge in [0, 0.05) is 18.7 Å². The summed E-state index contributed by atoms with van der Waals surface area (Å²) in [6.07, 6.45) is -0.961. The average molecular weight is 294 g/mol. The second-order valence-corrected chi connectivity index (χ2v) is 4.35. The van der Waals surface area contributed by atoms with E-state index in [0.29, 0.717) is 11.6 Å². The molecule has 0 aliphatic heterocycles. The van der Waals surface area contributed by atoms with E-state index in [0.717, 1.165) is 6.07 Å². The number of nitrogens with zero attached hydrogens (tertiary/aromatic N) is 1. The highest BCUT2D eigenvalue weighted by molar-refractivity contribution is 5.62. The summed E-state index contributed by atoms with van der Waals surface area (Å²) in [4.78, 5) is 9.87. The predicted octanol–water partition coefficient (Wildman–Crippen LogP) is 3.02. The van der Waals surface area contributed by atoms with Gasteiger partial charge in [0.25, 0.3) is 0 Å². The molecule has 0 aliphatic carbocycles. The molecule has 1 unspecified atom stereocenters. The lowest BCUT2D eigenvalue weighted by Crippen LogP contribution is -2.13. The van der Waals surface area contributed by atoms with Gasteiger partial charge in [-0.15, -0.1) is 0 Å². The minimum absolute atomic E-state index is 0.117. The third kappa shape index (κ3) is 3.51. The number of hydrogen-bond donors (Lipinski definition) is 2. The minimum atomic E-state index is -1.27. The highest BCUT2D eigenvalue weighted by Gasteiger charge is 2.22. The van der Waals surface area contributed by atoms with Gasteiger partial charge >= 0.3 is 5.69 Å². The summed E-state index contributed by atoms with van der Waals surface area (Å²) >= 11 is 0. The van der Waals surface area contributed by atoms with Crippen molar-refractivity contribution < 1.29 is 18.8 Å². The smallest absolute Gasteiger partial charge is 0.327 e. The van der Waals surface area contributed by atoms with Crippen molar-refractivity contribution in [2.24, 2.45) is 0 Å². The molecule has 0 radical (unpaired) electrons. The van der Waals surface area contributed by atoms with Crippen LogP contribution in [0, 0.1) is 21.7 Å². The standard InChI is InChI=1S/C14H12F2N2O3/c15-10-6-11(16)14(18(20)21)12(7-10)17-8-13(19)9-4-2-1-3-5-9/h1-7,13,17,19H,8H2. The highest BCUT2D eigenvalue weighted by atomic mass is 19.1. The lowest BCUT2D eigenvalue weighted by molar-refractivity contribution is -0.386. The Labute approximate surface area is 119 Å². The largest absolute Gasteiger partial charge is 0.387 e. The van der Waals surface area contributed by atoms with Crippen molar-refractivity contribution in [1.82, 2.24) is 0 Å². The van der Waals surface area contributed by atoms with Crippen LogP contribution in [-0.4, -0.2) is 16.6 Å². The van der Waals surface area contributed by atoms with E-state index in [1.165, 1.54) is 0 Å². The van der Waals surface area contributed by atoms with E-state index in [1.54, 1.807) is 30.3 Å². The number of aliphatic hydroxyl groups is 1. The summed E-state index contributed by atoms with van der Waals surface area (Å²) in [7, 11) is 0. The molecule has 0 fully saturated rings. The van der Waals surface area contributed by atoms with E-state index in [1.807, 2.05) is 0 Å². The normalized spacial score (nSPS) is 12.0. The molecule has 7 heteroatoms. The molecule has 0 saturated carbocycles. The monoisotopic (exact) mass is 294 g/mol. The van der Waals surface area contributed by atoms with Gasteiger partial charge < -0.3 is 10.4 Å². The topological polar surface area (TPSA) is 75.4 Å². The molecule has 0 aliphatic rings. The van der Waals surface area contributed by atoms with E-state index in [2.05, 4.69) is 5.32 Å². The van der Waals surface area contributed by atoms with E-state index in [9.17, 15) is 24.0 Å². The fourth-order valence-corrected chi connectivity index (χ4v) is 1.89. The fourth-order valence-electron chi connectivity index (χ4n) is 1.89. The SMILES string of the molecule is O=[N+]([O-])c1c(F)cc(F)cc1NCC(O)c1ccccc1. The molecule has 2 aromatic rings. The molecule has 2 N–H and O–H groups in total. The van der Waals surface area contributed by atoms with Gasteiger partial charge in [0.15, 0.2) is 0 Å². The van der Waals surface area contributed by atoms with E-state index < -0.39 is 28.3 Å². The van der Waals surface area contributed by atoms with Crippen LogP contribution in [0.4, 0.5) is 20.2 Å². The van der Waals surface area contributed by atoms with E-state index >= 15 is 0 Å². The van der Waals surface area contributed by atoms with Crippen LogP contribution in [0.3, 0.4) is 0 Å². The fraction of sp³-hybridized carbons (Fsp3) is 0.143. The molecule has 21 heavy (non-hydrogen) atoms. The first-order valence-corrected chi connectivity index (χ1v) is 6.09. The van der Waals surface area contributed by atoms with Gasteiger partial charge in [-0.2, -0.15) is 4.39 Å². The molecule has 2 aromatic carbocycles. The number of nitro groups is 1. The van der Waals surface area contributed by atoms with Gasteiger partial charge in [0.05, 0.1) is 11.0 Å². The zero-order chi connectivity index (χ0) is 15.4. The zero-order valence-corrected chi connectivity index (χ0v) is 10.8. The van der Waals surface area contributed by atoms with Crippen molar-refractivity contribution in [2.45, 2.75) is 6.10 Å².